The highest BCUT2D eigenvalue weighted by molar-refractivity contribution is 7.72. The van der Waals surface area contributed by atoms with E-state index >= 15 is 0 Å². The summed E-state index contributed by atoms with van der Waals surface area (Å²) in [6, 6.07) is 0. The lowest BCUT2D eigenvalue weighted by molar-refractivity contribution is 0.294. The van der Waals surface area contributed by atoms with Crippen LogP contribution in [0.3, 0.4) is 0 Å². The van der Waals surface area contributed by atoms with Gasteiger partial charge in [0.25, 0.3) is 0 Å². The lowest BCUT2D eigenvalue weighted by Crippen LogP contribution is -1.95. The van der Waals surface area contributed by atoms with Crippen LogP contribution in [0.2, 0.25) is 0 Å². The molecule has 2 N–H and O–H groups in total. The molecule has 0 amide bonds. The van der Waals surface area contributed by atoms with Crippen molar-refractivity contribution in [3.8, 4) is 12.3 Å². The largest absolute Gasteiger partial charge is 0.344 e. The first-order valence-corrected chi connectivity index (χ1v) is 7.01. The van der Waals surface area contributed by atoms with Gasteiger partial charge in [-0.05, 0) is 0 Å². The Morgan fingerprint density at radius 2 is 2.00 bits per heavy atom. The summed E-state index contributed by atoms with van der Waals surface area (Å²) in [6.07, 6.45) is 4.76. The Balaban J connectivity index is 4.17. The van der Waals surface area contributed by atoms with Crippen molar-refractivity contribution in [1.82, 2.24) is 0 Å². The van der Waals surface area contributed by atoms with Crippen LogP contribution in [-0.4, -0.2) is 29.0 Å². The first-order valence-electron chi connectivity index (χ1n) is 2.96. The van der Waals surface area contributed by atoms with Crippen LogP contribution in [0.4, 0.5) is 0 Å². The van der Waals surface area contributed by atoms with E-state index in [9.17, 15) is 9.13 Å². The average molecular weight is 212 g/mol. The van der Waals surface area contributed by atoms with Crippen LogP contribution < -0.4 is 0 Å². The summed E-state index contributed by atoms with van der Waals surface area (Å²) in [4.78, 5) is 17.6. The zero-order chi connectivity index (χ0) is 9.83. The van der Waals surface area contributed by atoms with Gasteiger partial charge in [-0.1, -0.05) is 5.92 Å². The van der Waals surface area contributed by atoms with E-state index in [1.165, 1.54) is 0 Å². The Bertz CT molecular complexity index is 272. The predicted molar refractivity (Wildman–Crippen MR) is 45.2 cm³/mol. The molecule has 0 saturated heterocycles. The van der Waals surface area contributed by atoms with Crippen molar-refractivity contribution >= 4 is 15.0 Å². The standard InChI is InChI=1S/C5H10O5P2/c1-3-4-10-12(8,9)5-11(2,6)7/h1H,4-5H2,2H3,(H,6,7)(H,8,9). The van der Waals surface area contributed by atoms with Gasteiger partial charge in [0.15, 0.2) is 0 Å². The fourth-order valence-corrected chi connectivity index (χ4v) is 3.77. The molecule has 0 heterocycles. The second kappa shape index (κ2) is 4.23. The first-order chi connectivity index (χ1) is 5.27. The van der Waals surface area contributed by atoms with E-state index in [1.807, 2.05) is 5.92 Å². The Morgan fingerprint density at radius 3 is 2.33 bits per heavy atom. The second-order valence-electron chi connectivity index (χ2n) is 2.31. The molecule has 0 rings (SSSR count). The van der Waals surface area contributed by atoms with Crippen LogP contribution in [0, 0.1) is 12.3 Å². The highest BCUT2D eigenvalue weighted by atomic mass is 31.2. The molecule has 0 aliphatic rings. The molecule has 0 aliphatic carbocycles. The normalized spacial score (nSPS) is 20.5. The van der Waals surface area contributed by atoms with Gasteiger partial charge in [-0.25, -0.2) is 0 Å². The predicted octanol–water partition coefficient (Wildman–Crippen LogP) is 0.679. The van der Waals surface area contributed by atoms with Gasteiger partial charge < -0.3 is 9.79 Å². The van der Waals surface area contributed by atoms with Crippen molar-refractivity contribution in [3.05, 3.63) is 0 Å². The van der Waals surface area contributed by atoms with Crippen LogP contribution in [0.15, 0.2) is 0 Å². The summed E-state index contributed by atoms with van der Waals surface area (Å²) < 4.78 is 25.9. The molecule has 70 valence electrons. The van der Waals surface area contributed by atoms with Crippen molar-refractivity contribution in [2.45, 2.75) is 0 Å². The molecule has 12 heavy (non-hydrogen) atoms. The fraction of sp³-hybridized carbons (Fsp3) is 0.600. The SMILES string of the molecule is C#CCOP(=O)(O)CP(C)(=O)O. The fourth-order valence-electron chi connectivity index (χ4n) is 0.511. The molecule has 0 aromatic carbocycles. The minimum Gasteiger partial charge on any atom is -0.344 e. The molecule has 0 saturated carbocycles. The second-order valence-corrected chi connectivity index (χ2v) is 7.07. The molecule has 5 nitrogen and oxygen atoms in total. The topological polar surface area (TPSA) is 83.8 Å². The minimum absolute atomic E-state index is 0.340. The van der Waals surface area contributed by atoms with E-state index in [-0.39, 0.29) is 6.61 Å². The van der Waals surface area contributed by atoms with Gasteiger partial charge in [-0.15, -0.1) is 6.42 Å². The van der Waals surface area contributed by atoms with Crippen molar-refractivity contribution in [2.24, 2.45) is 0 Å². The van der Waals surface area contributed by atoms with Crippen LogP contribution in [0.5, 0.6) is 0 Å². The zero-order valence-corrected chi connectivity index (χ0v) is 8.29. The third-order valence-corrected chi connectivity index (χ3v) is 4.85. The molecule has 0 fully saturated rings. The number of terminal acetylenes is 1. The van der Waals surface area contributed by atoms with Gasteiger partial charge in [-0.2, -0.15) is 0 Å². The Labute approximate surface area is 70.7 Å². The van der Waals surface area contributed by atoms with Crippen LogP contribution in [-0.2, 0) is 13.7 Å². The van der Waals surface area contributed by atoms with Gasteiger partial charge in [-0.3, -0.25) is 13.7 Å². The summed E-state index contributed by atoms with van der Waals surface area (Å²) >= 11 is 0. The summed E-state index contributed by atoms with van der Waals surface area (Å²) in [5.74, 6) is 1.22. The molecule has 2 unspecified atom stereocenters. The molecule has 0 spiro atoms. The van der Waals surface area contributed by atoms with Gasteiger partial charge in [0.05, 0.1) is 0 Å². The van der Waals surface area contributed by atoms with Crippen LogP contribution >= 0.6 is 15.0 Å². The average Bonchev–Trinajstić information content (AvgIpc) is 1.78. The third-order valence-electron chi connectivity index (χ3n) is 0.791. The van der Waals surface area contributed by atoms with E-state index in [2.05, 4.69) is 4.52 Å². The zero-order valence-electron chi connectivity index (χ0n) is 6.51. The molecule has 0 aromatic heterocycles. The molecular weight excluding hydrogens is 202 g/mol. The molecule has 0 aromatic rings. The monoisotopic (exact) mass is 212 g/mol. The summed E-state index contributed by atoms with van der Waals surface area (Å²) in [5, 5.41) is 0. The first kappa shape index (κ1) is 11.9. The van der Waals surface area contributed by atoms with Crippen molar-refractivity contribution in [2.75, 3.05) is 19.2 Å². The Kier molecular flexibility index (Phi) is 4.19. The third kappa shape index (κ3) is 6.60. The molecule has 2 atom stereocenters. The molecule has 0 radical (unpaired) electrons. The van der Waals surface area contributed by atoms with Crippen molar-refractivity contribution < 1.29 is 23.4 Å². The summed E-state index contributed by atoms with van der Waals surface area (Å²) in [7, 11) is -7.52. The van der Waals surface area contributed by atoms with Gasteiger partial charge in [0.1, 0.15) is 12.5 Å². The molecular formula is C5H10O5P2. The number of hydrogen-bond donors (Lipinski definition) is 2. The number of hydrogen-bond acceptors (Lipinski definition) is 3. The quantitative estimate of drug-likeness (QED) is 0.528. The van der Waals surface area contributed by atoms with E-state index in [0.29, 0.717) is 0 Å². The lowest BCUT2D eigenvalue weighted by atomic mass is 10.8. The summed E-state index contributed by atoms with van der Waals surface area (Å²) in [5.41, 5.74) is 0. The van der Waals surface area contributed by atoms with Gasteiger partial charge in [0, 0.05) is 6.66 Å². The van der Waals surface area contributed by atoms with Gasteiger partial charge in [0.2, 0.25) is 7.37 Å². The maximum Gasteiger partial charge on any atom is 0.338 e. The van der Waals surface area contributed by atoms with Crippen molar-refractivity contribution in [3.63, 3.8) is 0 Å². The van der Waals surface area contributed by atoms with E-state index in [1.54, 1.807) is 0 Å². The molecule has 7 heteroatoms. The molecule has 0 aliphatic heterocycles. The van der Waals surface area contributed by atoms with Gasteiger partial charge >= 0.3 is 7.60 Å². The van der Waals surface area contributed by atoms with E-state index < -0.39 is 20.9 Å². The van der Waals surface area contributed by atoms with Crippen molar-refractivity contribution in [1.29, 1.82) is 0 Å². The highest BCUT2D eigenvalue weighted by Crippen LogP contribution is 2.55. The van der Waals surface area contributed by atoms with E-state index in [0.717, 1.165) is 6.66 Å². The number of rotatable bonds is 4. The maximum atomic E-state index is 10.9. The summed E-state index contributed by atoms with van der Waals surface area (Å²) in [6.45, 7) is 0.642. The highest BCUT2D eigenvalue weighted by Gasteiger charge is 2.28. The molecule has 0 bridgehead atoms. The Hall–Kier alpha value is -0.100. The smallest absolute Gasteiger partial charge is 0.338 e. The van der Waals surface area contributed by atoms with Crippen LogP contribution in [0.1, 0.15) is 0 Å². The maximum absolute atomic E-state index is 10.9. The minimum atomic E-state index is -3.99. The lowest BCUT2D eigenvalue weighted by Gasteiger charge is -2.11. The Morgan fingerprint density at radius 1 is 1.50 bits per heavy atom. The van der Waals surface area contributed by atoms with Crippen LogP contribution in [0.25, 0.3) is 0 Å². The van der Waals surface area contributed by atoms with E-state index in [4.69, 9.17) is 16.2 Å².